The maximum Gasteiger partial charge on any atom is 0.142 e. The van der Waals surface area contributed by atoms with Crippen LogP contribution >= 0.6 is 11.3 Å². The van der Waals surface area contributed by atoms with E-state index in [2.05, 4.69) is 43.0 Å². The summed E-state index contributed by atoms with van der Waals surface area (Å²) in [5, 5.41) is 7.35. The Morgan fingerprint density at radius 1 is 1.06 bits per heavy atom. The van der Waals surface area contributed by atoms with Gasteiger partial charge in [-0.15, -0.1) is 11.3 Å². The minimum atomic E-state index is 0.412. The molecule has 5 aromatic rings. The second kappa shape index (κ2) is 7.95. The monoisotopic (exact) mass is 461 g/mol. The van der Waals surface area contributed by atoms with E-state index >= 15 is 0 Å². The molecule has 0 radical (unpaired) electrons. The van der Waals surface area contributed by atoms with E-state index in [1.807, 2.05) is 20.8 Å². The van der Waals surface area contributed by atoms with Gasteiger partial charge in [-0.1, -0.05) is 19.0 Å². The van der Waals surface area contributed by atoms with Crippen LogP contribution in [0.2, 0.25) is 0 Å². The quantitative estimate of drug-likeness (QED) is 0.336. The Kier molecular flexibility index (Phi) is 5.20. The lowest BCUT2D eigenvalue weighted by molar-refractivity contribution is 0.393. The number of nitrogens with one attached hydrogen (secondary N) is 1. The summed E-state index contributed by atoms with van der Waals surface area (Å²) in [6, 6.07) is 4.16. The molecule has 0 fully saturated rings. The first kappa shape index (κ1) is 21.6. The molecule has 4 aromatic heterocycles. The van der Waals surface area contributed by atoms with Crippen LogP contribution in [0.1, 0.15) is 58.3 Å². The van der Waals surface area contributed by atoms with Crippen LogP contribution in [0, 0.1) is 27.7 Å². The van der Waals surface area contributed by atoms with Crippen molar-refractivity contribution in [3.8, 4) is 16.9 Å². The highest BCUT2D eigenvalue weighted by Crippen LogP contribution is 2.40. The summed E-state index contributed by atoms with van der Waals surface area (Å²) in [6.07, 6.45) is 0.719. The van der Waals surface area contributed by atoms with Crippen molar-refractivity contribution in [3.05, 3.63) is 50.7 Å². The lowest BCUT2D eigenvalue weighted by Crippen LogP contribution is -1.98. The maximum absolute atomic E-state index is 5.80. The van der Waals surface area contributed by atoms with Crippen molar-refractivity contribution in [2.24, 2.45) is 0 Å². The van der Waals surface area contributed by atoms with Crippen LogP contribution in [0.15, 0.2) is 16.7 Å². The van der Waals surface area contributed by atoms with Crippen molar-refractivity contribution >= 4 is 33.3 Å². The smallest absolute Gasteiger partial charge is 0.142 e. The summed E-state index contributed by atoms with van der Waals surface area (Å²) in [5.41, 5.74) is 6.61. The van der Waals surface area contributed by atoms with Crippen molar-refractivity contribution in [1.29, 1.82) is 0 Å². The van der Waals surface area contributed by atoms with E-state index in [1.165, 1.54) is 4.88 Å². The zero-order valence-corrected chi connectivity index (χ0v) is 20.8. The van der Waals surface area contributed by atoms with Crippen molar-refractivity contribution < 1.29 is 9.26 Å². The fraction of sp³-hybridized carbons (Fsp3) is 0.360. The predicted molar refractivity (Wildman–Crippen MR) is 131 cm³/mol. The molecule has 0 bridgehead atoms. The van der Waals surface area contributed by atoms with Gasteiger partial charge in [0.15, 0.2) is 0 Å². The lowest BCUT2D eigenvalue weighted by Gasteiger charge is -2.09. The number of nitrogens with zero attached hydrogens (tertiary/aromatic N) is 4. The molecule has 1 aromatic carbocycles. The first-order chi connectivity index (χ1) is 15.8. The molecule has 0 aliphatic carbocycles. The summed E-state index contributed by atoms with van der Waals surface area (Å²) in [4.78, 5) is 19.1. The molecule has 170 valence electrons. The third-order valence-corrected chi connectivity index (χ3v) is 7.45. The van der Waals surface area contributed by atoms with Crippen LogP contribution in [0.5, 0.6) is 5.75 Å². The minimum Gasteiger partial charge on any atom is -0.496 e. The maximum atomic E-state index is 5.80. The van der Waals surface area contributed by atoms with Crippen molar-refractivity contribution in [2.45, 2.75) is 53.9 Å². The molecule has 0 amide bonds. The number of methoxy groups -OCH3 is 1. The van der Waals surface area contributed by atoms with Crippen LogP contribution in [0.4, 0.5) is 0 Å². The van der Waals surface area contributed by atoms with Crippen LogP contribution in [0.3, 0.4) is 0 Å². The third kappa shape index (κ3) is 3.58. The molecule has 1 N–H and O–H groups in total. The molecular formula is C25H27N5O2S. The second-order valence-corrected chi connectivity index (χ2v) is 9.87. The Hall–Kier alpha value is -3.26. The molecule has 8 heteroatoms. The number of aryl methyl sites for hydroxylation is 4. The number of hydrogen-bond acceptors (Lipinski definition) is 7. The van der Waals surface area contributed by atoms with E-state index in [9.17, 15) is 0 Å². The summed E-state index contributed by atoms with van der Waals surface area (Å²) in [7, 11) is 1.69. The molecule has 0 atom stereocenters. The number of thiazole rings is 1. The van der Waals surface area contributed by atoms with Gasteiger partial charge in [-0.25, -0.2) is 15.0 Å². The van der Waals surface area contributed by atoms with E-state index < -0.39 is 0 Å². The highest BCUT2D eigenvalue weighted by molar-refractivity contribution is 7.11. The molecule has 0 aliphatic rings. The minimum absolute atomic E-state index is 0.412. The van der Waals surface area contributed by atoms with E-state index in [4.69, 9.17) is 24.2 Å². The van der Waals surface area contributed by atoms with Crippen molar-refractivity contribution in [1.82, 2.24) is 25.1 Å². The van der Waals surface area contributed by atoms with Crippen LogP contribution in [0.25, 0.3) is 33.1 Å². The van der Waals surface area contributed by atoms with Crippen LogP contribution in [-0.2, 0) is 6.42 Å². The van der Waals surface area contributed by atoms with E-state index in [-0.39, 0.29) is 0 Å². The van der Waals surface area contributed by atoms with Crippen LogP contribution < -0.4 is 4.74 Å². The Bertz CT molecular complexity index is 1490. The van der Waals surface area contributed by atoms with Crippen LogP contribution in [-0.4, -0.2) is 32.2 Å². The molecule has 0 aliphatic heterocycles. The number of rotatable bonds is 5. The summed E-state index contributed by atoms with van der Waals surface area (Å²) < 4.78 is 11.2. The van der Waals surface area contributed by atoms with Gasteiger partial charge in [-0.3, -0.25) is 0 Å². The molecule has 0 unspecified atom stereocenters. The number of benzene rings is 1. The van der Waals surface area contributed by atoms with Crippen molar-refractivity contribution in [3.63, 3.8) is 0 Å². The van der Waals surface area contributed by atoms with E-state index in [1.54, 1.807) is 18.4 Å². The largest absolute Gasteiger partial charge is 0.496 e. The Morgan fingerprint density at radius 3 is 2.48 bits per heavy atom. The molecule has 5 rings (SSSR count). The zero-order valence-electron chi connectivity index (χ0n) is 20.0. The number of fused-ring (bicyclic) bond motifs is 3. The van der Waals surface area contributed by atoms with E-state index in [0.29, 0.717) is 5.92 Å². The van der Waals surface area contributed by atoms with Gasteiger partial charge in [-0.05, 0) is 39.8 Å². The fourth-order valence-corrected chi connectivity index (χ4v) is 5.47. The van der Waals surface area contributed by atoms with E-state index in [0.717, 1.165) is 78.9 Å². The number of aromatic nitrogens is 5. The number of hydrogen-bond donors (Lipinski definition) is 1. The van der Waals surface area contributed by atoms with Gasteiger partial charge in [0.1, 0.15) is 23.0 Å². The topological polar surface area (TPSA) is 89.7 Å². The molecule has 4 heterocycles. The van der Waals surface area contributed by atoms with Gasteiger partial charge < -0.3 is 14.2 Å². The zero-order chi connectivity index (χ0) is 23.4. The SMILES string of the molecule is COc1cc2c(cc1-c1c(C)noc1C)[nH]c1nc(C)nc(Cc3sc(C(C)C)nc3C)c12. The van der Waals surface area contributed by atoms with Gasteiger partial charge in [0.25, 0.3) is 0 Å². The molecule has 0 spiro atoms. The standard InChI is InChI=1S/C25H27N5O2S/c1-11(2)25-26-12(3)21(33-25)10-19-23-16-9-20(31-7)17(22-13(4)30-32-14(22)5)8-18(16)29-24(23)28-15(6)27-19/h8-9,11H,10H2,1-7H3,(H,27,28,29). The average molecular weight is 462 g/mol. The second-order valence-electron chi connectivity index (χ2n) is 8.76. The number of H-pyrrole nitrogens is 1. The first-order valence-corrected chi connectivity index (χ1v) is 11.8. The average Bonchev–Trinajstić information content (AvgIpc) is 3.41. The molecular weight excluding hydrogens is 434 g/mol. The lowest BCUT2D eigenvalue weighted by atomic mass is 10.00. The highest BCUT2D eigenvalue weighted by atomic mass is 32.1. The summed E-state index contributed by atoms with van der Waals surface area (Å²) in [5.74, 6) is 2.68. The fourth-order valence-electron chi connectivity index (χ4n) is 4.39. The van der Waals surface area contributed by atoms with Gasteiger partial charge in [-0.2, -0.15) is 0 Å². The van der Waals surface area contributed by atoms with Gasteiger partial charge in [0.05, 0.1) is 34.8 Å². The summed E-state index contributed by atoms with van der Waals surface area (Å²) >= 11 is 1.77. The molecule has 7 nitrogen and oxygen atoms in total. The predicted octanol–water partition coefficient (Wildman–Crippen LogP) is 6.18. The Morgan fingerprint density at radius 2 is 1.85 bits per heavy atom. The number of ether oxygens (including phenoxy) is 1. The normalized spacial score (nSPS) is 11.9. The molecule has 0 saturated heterocycles. The Balaban J connectivity index is 1.73. The van der Waals surface area contributed by atoms with Gasteiger partial charge >= 0.3 is 0 Å². The molecule has 33 heavy (non-hydrogen) atoms. The van der Waals surface area contributed by atoms with Gasteiger partial charge in [0, 0.05) is 39.1 Å². The highest BCUT2D eigenvalue weighted by Gasteiger charge is 2.21. The first-order valence-electron chi connectivity index (χ1n) is 11.0. The third-order valence-electron chi connectivity index (χ3n) is 5.99. The Labute approximate surface area is 196 Å². The molecule has 0 saturated carbocycles. The van der Waals surface area contributed by atoms with Gasteiger partial charge in [0.2, 0.25) is 0 Å². The number of aromatic amines is 1. The summed E-state index contributed by atoms with van der Waals surface area (Å²) in [6.45, 7) is 12.2. The van der Waals surface area contributed by atoms with Crippen molar-refractivity contribution in [2.75, 3.05) is 7.11 Å².